The third kappa shape index (κ3) is 5.13. The molecule has 9 nitrogen and oxygen atoms in total. The fraction of sp³-hybridized carbons (Fsp3) is 0.513. The van der Waals surface area contributed by atoms with E-state index < -0.39 is 41.1 Å². The first-order valence-corrected chi connectivity index (χ1v) is 17.5. The second kappa shape index (κ2) is 12.7. The van der Waals surface area contributed by atoms with Gasteiger partial charge < -0.3 is 19.1 Å². The summed E-state index contributed by atoms with van der Waals surface area (Å²) in [4.78, 5) is 70.9. The van der Waals surface area contributed by atoms with Gasteiger partial charge in [-0.05, 0) is 75.8 Å². The number of ether oxygens (including phenoxy) is 3. The number of fused-ring (bicyclic) bond motifs is 1. The highest BCUT2D eigenvalue weighted by atomic mass is 16.7. The fourth-order valence-electron chi connectivity index (χ4n) is 9.09. The lowest BCUT2D eigenvalue weighted by molar-refractivity contribution is -0.268. The summed E-state index contributed by atoms with van der Waals surface area (Å²) in [5.74, 6) is -5.58. The van der Waals surface area contributed by atoms with Crippen molar-refractivity contribution in [3.05, 3.63) is 76.9 Å². The van der Waals surface area contributed by atoms with Gasteiger partial charge in [-0.2, -0.15) is 0 Å². The maximum Gasteiger partial charge on any atom is 0.343 e. The number of amides is 1. The molecule has 0 saturated carbocycles. The molecule has 9 heteroatoms. The monoisotopic (exact) mass is 653 g/mol. The van der Waals surface area contributed by atoms with Crippen molar-refractivity contribution in [1.29, 1.82) is 0 Å². The summed E-state index contributed by atoms with van der Waals surface area (Å²) in [6.45, 7) is 4.38. The van der Waals surface area contributed by atoms with E-state index in [1.807, 2.05) is 56.3 Å². The largest absolute Gasteiger partial charge is 0.427 e. The van der Waals surface area contributed by atoms with E-state index in [-0.39, 0.29) is 53.9 Å². The van der Waals surface area contributed by atoms with E-state index in [4.69, 9.17) is 14.2 Å². The van der Waals surface area contributed by atoms with Gasteiger partial charge in [0.05, 0.1) is 17.1 Å². The number of hydrogen-bond donors (Lipinski definition) is 0. The summed E-state index contributed by atoms with van der Waals surface area (Å²) in [5.41, 5.74) is 1.06. The Morgan fingerprint density at radius 2 is 1.79 bits per heavy atom. The van der Waals surface area contributed by atoms with Crippen LogP contribution in [0.1, 0.15) is 83.6 Å². The van der Waals surface area contributed by atoms with Gasteiger partial charge in [-0.1, -0.05) is 61.4 Å². The molecule has 2 aliphatic carbocycles. The number of rotatable bonds is 12. The van der Waals surface area contributed by atoms with E-state index in [2.05, 4.69) is 12.2 Å². The van der Waals surface area contributed by atoms with E-state index >= 15 is 0 Å². The molecule has 5 bridgehead atoms. The maximum atomic E-state index is 14.4. The highest BCUT2D eigenvalue weighted by Crippen LogP contribution is 2.67. The quantitative estimate of drug-likeness (QED) is 0.116. The van der Waals surface area contributed by atoms with Crippen LogP contribution in [0.3, 0.4) is 0 Å². The lowest BCUT2D eigenvalue weighted by Gasteiger charge is -2.52. The Labute approximate surface area is 281 Å². The van der Waals surface area contributed by atoms with Crippen molar-refractivity contribution in [2.24, 2.45) is 23.2 Å². The zero-order valence-electron chi connectivity index (χ0n) is 27.7. The lowest BCUT2D eigenvalue weighted by Crippen LogP contribution is -2.59. The highest BCUT2D eigenvalue weighted by molar-refractivity contribution is 6.14. The first-order chi connectivity index (χ1) is 23.2. The van der Waals surface area contributed by atoms with Crippen LogP contribution in [0.2, 0.25) is 0 Å². The molecule has 1 amide bonds. The number of esters is 3. The number of benzene rings is 1. The number of unbranched alkanes of at least 4 members (excludes halogenated alkanes) is 3. The summed E-state index contributed by atoms with van der Waals surface area (Å²) in [5, 5.41) is 0. The van der Waals surface area contributed by atoms with Crippen molar-refractivity contribution in [2.45, 2.75) is 96.4 Å². The standard InChI is InChI=1S/C39H43NO8/c1-3-5-7-8-9-11-15-25-20-31-38(23-32(42)40-19-18-24-14-12-13-16-28(24)40)22-27-33(36(44)46-35(27)43)34-26(25)21-30(29(41)17-10-6-4-2)47-39(31,34)48-37(38)45/h3-6,12-14,16,20,25-26,30,34H,7-11,15,17-19,21-23H2,1-2H3/b5-3+,6-4+/t25-,26+,30-,34?,38-,39?/m1/s1. The maximum absolute atomic E-state index is 14.4. The number of para-hydroxylation sites is 1. The van der Waals surface area contributed by atoms with Crippen LogP contribution < -0.4 is 4.90 Å². The number of carbonyl (C=O) groups is 5. The molecule has 4 aliphatic heterocycles. The zero-order chi connectivity index (χ0) is 33.6. The van der Waals surface area contributed by atoms with E-state index in [1.165, 1.54) is 0 Å². The predicted octanol–water partition coefficient (Wildman–Crippen LogP) is 6.02. The molecule has 2 fully saturated rings. The molecule has 0 N–H and O–H groups in total. The van der Waals surface area contributed by atoms with Gasteiger partial charge in [0.15, 0.2) is 5.78 Å². The van der Waals surface area contributed by atoms with Crippen LogP contribution in [0.25, 0.3) is 0 Å². The van der Waals surface area contributed by atoms with Gasteiger partial charge in [0, 0.05) is 37.1 Å². The third-order valence-electron chi connectivity index (χ3n) is 11.3. The Morgan fingerprint density at radius 1 is 1.00 bits per heavy atom. The smallest absolute Gasteiger partial charge is 0.343 e. The fourth-order valence-corrected chi connectivity index (χ4v) is 9.09. The van der Waals surface area contributed by atoms with E-state index in [9.17, 15) is 24.0 Å². The van der Waals surface area contributed by atoms with Gasteiger partial charge in [-0.3, -0.25) is 14.4 Å². The normalized spacial score (nSPS) is 31.6. The molecule has 1 aromatic rings. The Morgan fingerprint density at radius 3 is 2.60 bits per heavy atom. The van der Waals surface area contributed by atoms with Gasteiger partial charge in [0.25, 0.3) is 0 Å². The molecule has 1 aromatic carbocycles. The van der Waals surface area contributed by atoms with Crippen LogP contribution in [0.5, 0.6) is 0 Å². The summed E-state index contributed by atoms with van der Waals surface area (Å²) in [6.07, 6.45) is 15.3. The molecule has 252 valence electrons. The van der Waals surface area contributed by atoms with Crippen molar-refractivity contribution in [3.63, 3.8) is 0 Å². The molecular weight excluding hydrogens is 610 g/mol. The van der Waals surface area contributed by atoms with E-state index in [0.29, 0.717) is 31.4 Å². The third-order valence-corrected chi connectivity index (χ3v) is 11.3. The molecule has 6 aliphatic rings. The molecule has 48 heavy (non-hydrogen) atoms. The Balaban J connectivity index is 1.32. The number of allylic oxidation sites excluding steroid dienone is 5. The van der Waals surface area contributed by atoms with Gasteiger partial charge in [0.2, 0.25) is 11.7 Å². The van der Waals surface area contributed by atoms with E-state index in [0.717, 1.165) is 43.4 Å². The molecular formula is C39H43NO8. The minimum absolute atomic E-state index is 0.0981. The Kier molecular flexibility index (Phi) is 8.60. The average Bonchev–Trinajstić information content (AvgIpc) is 3.66. The summed E-state index contributed by atoms with van der Waals surface area (Å²) in [7, 11) is 0. The number of Topliss-reactive ketones (excluding diaryl/α,β-unsaturated/α-hetero) is 1. The van der Waals surface area contributed by atoms with Crippen LogP contribution in [0.4, 0.5) is 5.69 Å². The van der Waals surface area contributed by atoms with Gasteiger partial charge >= 0.3 is 17.9 Å². The minimum atomic E-state index is -1.77. The summed E-state index contributed by atoms with van der Waals surface area (Å²) < 4.78 is 18.2. The lowest BCUT2D eigenvalue weighted by atomic mass is 9.59. The van der Waals surface area contributed by atoms with Gasteiger partial charge in [-0.25, -0.2) is 9.59 Å². The van der Waals surface area contributed by atoms with Crippen LogP contribution in [0, 0.1) is 23.2 Å². The van der Waals surface area contributed by atoms with Crippen molar-refractivity contribution in [2.75, 3.05) is 11.4 Å². The topological polar surface area (TPSA) is 116 Å². The molecule has 7 rings (SSSR count). The van der Waals surface area contributed by atoms with Crippen LogP contribution in [-0.2, 0) is 44.6 Å². The first kappa shape index (κ1) is 32.4. The first-order valence-electron chi connectivity index (χ1n) is 17.5. The van der Waals surface area contributed by atoms with E-state index in [1.54, 1.807) is 4.90 Å². The number of ketones is 1. The number of anilines is 1. The molecule has 2 saturated heterocycles. The Bertz CT molecular complexity index is 1680. The predicted molar refractivity (Wildman–Crippen MR) is 176 cm³/mol. The summed E-state index contributed by atoms with van der Waals surface area (Å²) in [6, 6.07) is 7.70. The number of hydrogen-bond acceptors (Lipinski definition) is 8. The van der Waals surface area contributed by atoms with Crippen LogP contribution in [-0.4, -0.2) is 48.0 Å². The summed E-state index contributed by atoms with van der Waals surface area (Å²) >= 11 is 0. The number of nitrogens with zero attached hydrogens (tertiary/aromatic N) is 1. The zero-order valence-corrected chi connectivity index (χ0v) is 27.7. The Hall–Kier alpha value is -4.11. The second-order valence-electron chi connectivity index (χ2n) is 14.0. The SMILES string of the molecule is C/C=C/CCCCC[C@@H]1C=C2C34OC(=O)[C@@]2(CC(=O)N2CCc5ccccc52)CC2=C(C(=O)OC2=O)C3[C@H]1C[C@H](C(=O)CC/C=C/C)O4. The molecule has 6 atom stereocenters. The number of carbonyl (C=O) groups excluding carboxylic acids is 5. The van der Waals surface area contributed by atoms with Crippen LogP contribution >= 0.6 is 0 Å². The molecule has 1 spiro atoms. The average molecular weight is 654 g/mol. The molecule has 4 heterocycles. The van der Waals surface area contributed by atoms with Crippen molar-refractivity contribution >= 4 is 35.3 Å². The van der Waals surface area contributed by atoms with Crippen molar-refractivity contribution < 1.29 is 38.2 Å². The van der Waals surface area contributed by atoms with Crippen molar-refractivity contribution in [1.82, 2.24) is 0 Å². The van der Waals surface area contributed by atoms with Gasteiger partial charge in [-0.15, -0.1) is 0 Å². The molecule has 0 aromatic heterocycles. The highest BCUT2D eigenvalue weighted by Gasteiger charge is 2.75. The van der Waals surface area contributed by atoms with Crippen LogP contribution in [0.15, 0.2) is 71.4 Å². The molecule has 2 unspecified atom stereocenters. The minimum Gasteiger partial charge on any atom is -0.427 e. The second-order valence-corrected chi connectivity index (χ2v) is 14.0. The number of cyclic esters (lactones) is 2. The van der Waals surface area contributed by atoms with Gasteiger partial charge in [0.1, 0.15) is 11.5 Å². The van der Waals surface area contributed by atoms with Crippen molar-refractivity contribution in [3.8, 4) is 0 Å². The molecule has 0 radical (unpaired) electrons.